The van der Waals surface area contributed by atoms with Gasteiger partial charge < -0.3 is 14.5 Å². The maximum Gasteiger partial charge on any atom is 0.287 e. The Bertz CT molecular complexity index is 1240. The summed E-state index contributed by atoms with van der Waals surface area (Å²) in [7, 11) is 0. The Hall–Kier alpha value is -2.67. The van der Waals surface area contributed by atoms with Gasteiger partial charge in [-0.05, 0) is 41.2 Å². The Morgan fingerprint density at radius 3 is 2.44 bits per heavy atom. The summed E-state index contributed by atoms with van der Waals surface area (Å²) in [5.74, 6) is -0.431. The number of morpholine rings is 1. The number of carbonyl (C=O) groups excluding carboxylic acids is 1. The molecule has 1 aromatic heterocycles. The van der Waals surface area contributed by atoms with E-state index in [-0.39, 0.29) is 22.6 Å². The molecule has 0 spiro atoms. The first kappa shape index (κ1) is 24.5. The van der Waals surface area contributed by atoms with Crippen molar-refractivity contribution in [1.82, 2.24) is 10.2 Å². The average Bonchev–Trinajstić information content (AvgIpc) is 2.81. The van der Waals surface area contributed by atoms with Gasteiger partial charge in [-0.3, -0.25) is 14.5 Å². The number of carbonyl (C=O) groups is 1. The fraction of sp³-hybridized carbons (Fsp3) is 0.407. The Morgan fingerprint density at radius 2 is 1.79 bits per heavy atom. The molecule has 1 aliphatic heterocycles. The van der Waals surface area contributed by atoms with Gasteiger partial charge in [0.05, 0.1) is 24.6 Å². The predicted molar refractivity (Wildman–Crippen MR) is 135 cm³/mol. The van der Waals surface area contributed by atoms with E-state index in [1.54, 1.807) is 12.1 Å². The molecule has 2 heterocycles. The molecular formula is C27H31ClN2O4. The lowest BCUT2D eigenvalue weighted by Gasteiger charge is -2.35. The SMILES string of the molecule is Cc1cc2oc(C(=O)NCC(c3ccc(C(C)(C)C)cc3)N3CCOCC3)cc(=O)c2cc1Cl. The topological polar surface area (TPSA) is 71.8 Å². The number of ether oxygens (including phenoxy) is 1. The van der Waals surface area contributed by atoms with Crippen LogP contribution >= 0.6 is 11.6 Å². The summed E-state index contributed by atoms with van der Waals surface area (Å²) in [6.45, 7) is 11.7. The van der Waals surface area contributed by atoms with Crippen LogP contribution in [0.15, 0.2) is 51.7 Å². The van der Waals surface area contributed by atoms with Crippen molar-refractivity contribution in [2.45, 2.75) is 39.2 Å². The normalized spacial score (nSPS) is 15.9. The second kappa shape index (κ2) is 9.90. The van der Waals surface area contributed by atoms with Gasteiger partial charge in [-0.2, -0.15) is 0 Å². The molecule has 0 aliphatic carbocycles. The van der Waals surface area contributed by atoms with Crippen LogP contribution in [0.4, 0.5) is 0 Å². The predicted octanol–water partition coefficient (Wildman–Crippen LogP) is 4.86. The van der Waals surface area contributed by atoms with E-state index >= 15 is 0 Å². The highest BCUT2D eigenvalue weighted by Crippen LogP contribution is 2.27. The third-order valence-electron chi connectivity index (χ3n) is 6.34. The highest BCUT2D eigenvalue weighted by Gasteiger charge is 2.25. The van der Waals surface area contributed by atoms with E-state index in [9.17, 15) is 9.59 Å². The van der Waals surface area contributed by atoms with Crippen LogP contribution in [0, 0.1) is 6.92 Å². The fourth-order valence-electron chi connectivity index (χ4n) is 4.22. The Morgan fingerprint density at radius 1 is 1.12 bits per heavy atom. The lowest BCUT2D eigenvalue weighted by atomic mass is 9.86. The van der Waals surface area contributed by atoms with Crippen LogP contribution in [0.5, 0.6) is 0 Å². The van der Waals surface area contributed by atoms with Crippen LogP contribution in [0.3, 0.4) is 0 Å². The lowest BCUT2D eigenvalue weighted by molar-refractivity contribution is 0.0161. The molecular weight excluding hydrogens is 452 g/mol. The summed E-state index contributed by atoms with van der Waals surface area (Å²) < 4.78 is 11.3. The van der Waals surface area contributed by atoms with Crippen LogP contribution in [-0.2, 0) is 10.2 Å². The fourth-order valence-corrected chi connectivity index (χ4v) is 4.38. The molecule has 4 rings (SSSR count). The summed E-state index contributed by atoms with van der Waals surface area (Å²) in [6.07, 6.45) is 0. The molecule has 1 fully saturated rings. The van der Waals surface area contributed by atoms with Crippen LogP contribution < -0.4 is 10.7 Å². The van der Waals surface area contributed by atoms with Gasteiger partial charge in [-0.15, -0.1) is 0 Å². The lowest BCUT2D eigenvalue weighted by Crippen LogP contribution is -2.43. The summed E-state index contributed by atoms with van der Waals surface area (Å²) in [4.78, 5) is 27.9. The number of fused-ring (bicyclic) bond motifs is 1. The molecule has 1 amide bonds. The number of nitrogens with one attached hydrogen (secondary N) is 1. The quantitative estimate of drug-likeness (QED) is 0.562. The minimum absolute atomic E-state index is 0.0111. The highest BCUT2D eigenvalue weighted by molar-refractivity contribution is 6.32. The molecule has 0 bridgehead atoms. The van der Waals surface area contributed by atoms with Crippen molar-refractivity contribution in [3.8, 4) is 0 Å². The van der Waals surface area contributed by atoms with E-state index in [0.29, 0.717) is 35.8 Å². The number of rotatable bonds is 5. The molecule has 1 N–H and O–H groups in total. The van der Waals surface area contributed by atoms with Crippen LogP contribution in [0.25, 0.3) is 11.0 Å². The molecule has 1 atom stereocenters. The van der Waals surface area contributed by atoms with Crippen molar-refractivity contribution in [2.24, 2.45) is 0 Å². The van der Waals surface area contributed by atoms with Gasteiger partial charge in [-0.25, -0.2) is 0 Å². The van der Waals surface area contributed by atoms with Crippen molar-refractivity contribution in [2.75, 3.05) is 32.8 Å². The first-order valence-electron chi connectivity index (χ1n) is 11.6. The Balaban J connectivity index is 1.57. The van der Waals surface area contributed by atoms with Crippen LogP contribution in [-0.4, -0.2) is 43.7 Å². The number of aryl methyl sites for hydroxylation is 1. The average molecular weight is 483 g/mol. The summed E-state index contributed by atoms with van der Waals surface area (Å²) in [6, 6.07) is 13.0. The zero-order chi connectivity index (χ0) is 24.5. The second-order valence-electron chi connectivity index (χ2n) is 9.82. The molecule has 2 aromatic carbocycles. The summed E-state index contributed by atoms with van der Waals surface area (Å²) in [5, 5.41) is 3.82. The highest BCUT2D eigenvalue weighted by atomic mass is 35.5. The van der Waals surface area contributed by atoms with Crippen LogP contribution in [0.2, 0.25) is 5.02 Å². The number of halogens is 1. The minimum Gasteiger partial charge on any atom is -0.451 e. The number of hydrogen-bond acceptors (Lipinski definition) is 5. The summed E-state index contributed by atoms with van der Waals surface area (Å²) in [5.41, 5.74) is 3.28. The largest absolute Gasteiger partial charge is 0.451 e. The molecule has 1 unspecified atom stereocenters. The molecule has 3 aromatic rings. The van der Waals surface area contributed by atoms with Crippen molar-refractivity contribution in [1.29, 1.82) is 0 Å². The van der Waals surface area contributed by atoms with Gasteiger partial charge in [0, 0.05) is 30.7 Å². The van der Waals surface area contributed by atoms with E-state index in [1.807, 2.05) is 6.92 Å². The van der Waals surface area contributed by atoms with Gasteiger partial charge in [0.25, 0.3) is 5.91 Å². The van der Waals surface area contributed by atoms with E-state index < -0.39 is 5.91 Å². The molecule has 180 valence electrons. The summed E-state index contributed by atoms with van der Waals surface area (Å²) >= 11 is 6.14. The van der Waals surface area contributed by atoms with Gasteiger partial charge >= 0.3 is 0 Å². The van der Waals surface area contributed by atoms with Crippen molar-refractivity contribution in [3.05, 3.63) is 80.2 Å². The smallest absolute Gasteiger partial charge is 0.287 e. The molecule has 7 heteroatoms. The van der Waals surface area contributed by atoms with Gasteiger partial charge in [0.2, 0.25) is 0 Å². The minimum atomic E-state index is -0.420. The van der Waals surface area contributed by atoms with E-state index in [1.165, 1.54) is 11.6 Å². The van der Waals surface area contributed by atoms with Gasteiger partial charge in [-0.1, -0.05) is 56.6 Å². The van der Waals surface area contributed by atoms with Gasteiger partial charge in [0.15, 0.2) is 11.2 Å². The monoisotopic (exact) mass is 482 g/mol. The Kier molecular flexibility index (Phi) is 7.12. The van der Waals surface area contributed by atoms with Crippen molar-refractivity contribution < 1.29 is 13.9 Å². The van der Waals surface area contributed by atoms with Gasteiger partial charge in [0.1, 0.15) is 5.58 Å². The molecule has 6 nitrogen and oxygen atoms in total. The zero-order valence-corrected chi connectivity index (χ0v) is 20.9. The maximum absolute atomic E-state index is 13.0. The molecule has 1 aliphatic rings. The number of amides is 1. The second-order valence-corrected chi connectivity index (χ2v) is 10.2. The van der Waals surface area contributed by atoms with E-state index in [4.69, 9.17) is 20.8 Å². The van der Waals surface area contributed by atoms with E-state index in [2.05, 4.69) is 55.3 Å². The number of benzene rings is 2. The third kappa shape index (κ3) is 5.35. The third-order valence-corrected chi connectivity index (χ3v) is 6.74. The standard InChI is InChI=1S/C27H31ClN2O4/c1-17-13-24-20(14-21(17)28)23(31)15-25(34-24)26(32)29-16-22(30-9-11-33-12-10-30)18-5-7-19(8-6-18)27(2,3)4/h5-8,13-15,22H,9-12,16H2,1-4H3,(H,29,32). The zero-order valence-electron chi connectivity index (χ0n) is 20.1. The van der Waals surface area contributed by atoms with Crippen molar-refractivity contribution in [3.63, 3.8) is 0 Å². The maximum atomic E-state index is 13.0. The van der Waals surface area contributed by atoms with Crippen LogP contribution in [0.1, 0.15) is 54.1 Å². The first-order chi connectivity index (χ1) is 16.1. The number of nitrogens with zero attached hydrogens (tertiary/aromatic N) is 1. The molecule has 0 saturated carbocycles. The van der Waals surface area contributed by atoms with Crippen molar-refractivity contribution >= 4 is 28.5 Å². The molecule has 34 heavy (non-hydrogen) atoms. The Labute approximate surface area is 204 Å². The molecule has 1 saturated heterocycles. The number of hydrogen-bond donors (Lipinski definition) is 1. The molecule has 0 radical (unpaired) electrons. The first-order valence-corrected chi connectivity index (χ1v) is 12.0. The van der Waals surface area contributed by atoms with E-state index in [0.717, 1.165) is 24.2 Å².